The first-order chi connectivity index (χ1) is 15.8. The number of hydrogen-bond acceptors (Lipinski definition) is 6. The number of carbonyl (C=O) groups excluding carboxylic acids is 3. The number of esters is 1. The Morgan fingerprint density at radius 1 is 1.33 bits per heavy atom. The summed E-state index contributed by atoms with van der Waals surface area (Å²) in [5.74, 6) is -2.15. The summed E-state index contributed by atoms with van der Waals surface area (Å²) in [6, 6.07) is 8.33. The average Bonchev–Trinajstić information content (AvgIpc) is 3.37. The first kappa shape index (κ1) is 24.5. The molecule has 3 saturated heterocycles. The summed E-state index contributed by atoms with van der Waals surface area (Å²) in [6.45, 7) is 5.95. The summed E-state index contributed by atoms with van der Waals surface area (Å²) in [5, 5.41) is 13.1. The third kappa shape index (κ3) is 4.00. The minimum atomic E-state index is -0.771. The van der Waals surface area contributed by atoms with Gasteiger partial charge in [-0.3, -0.25) is 14.4 Å². The molecule has 7 atom stereocenters. The summed E-state index contributed by atoms with van der Waals surface area (Å²) < 4.78 is 4.62. The van der Waals surface area contributed by atoms with Crippen molar-refractivity contribution in [1.29, 1.82) is 0 Å². The maximum absolute atomic E-state index is 13.9. The molecular formula is C24H31BrN2O5S. The number of benzene rings is 1. The number of carbonyl (C=O) groups is 3. The van der Waals surface area contributed by atoms with E-state index in [4.69, 9.17) is 4.74 Å². The lowest BCUT2D eigenvalue weighted by Gasteiger charge is -2.38. The van der Waals surface area contributed by atoms with Crippen molar-refractivity contribution < 1.29 is 24.2 Å². The number of aliphatic hydroxyl groups is 1. The number of nitrogens with one attached hydrogen (secondary N) is 1. The van der Waals surface area contributed by atoms with Gasteiger partial charge in [-0.25, -0.2) is 0 Å². The number of halogens is 1. The van der Waals surface area contributed by atoms with Crippen LogP contribution in [0.15, 0.2) is 30.3 Å². The van der Waals surface area contributed by atoms with Crippen LogP contribution >= 0.6 is 27.7 Å². The van der Waals surface area contributed by atoms with Gasteiger partial charge in [0, 0.05) is 16.6 Å². The molecule has 4 rings (SSSR count). The molecular weight excluding hydrogens is 508 g/mol. The number of alkyl halides is 1. The molecule has 0 aliphatic carbocycles. The Morgan fingerprint density at radius 2 is 2.03 bits per heavy atom. The number of amides is 2. The quantitative estimate of drug-likeness (QED) is 0.389. The number of fused-ring (bicyclic) bond motifs is 1. The van der Waals surface area contributed by atoms with Crippen LogP contribution in [0.4, 0.5) is 0 Å². The minimum absolute atomic E-state index is 0.00282. The zero-order valence-corrected chi connectivity index (χ0v) is 21.5. The van der Waals surface area contributed by atoms with Crippen LogP contribution < -0.4 is 5.32 Å². The Balaban J connectivity index is 1.72. The van der Waals surface area contributed by atoms with Gasteiger partial charge >= 0.3 is 5.97 Å². The Kier molecular flexibility index (Phi) is 7.13. The molecule has 0 saturated carbocycles. The highest BCUT2D eigenvalue weighted by atomic mass is 79.9. The van der Waals surface area contributed by atoms with Crippen LogP contribution in [0.1, 0.15) is 32.8 Å². The predicted octanol–water partition coefficient (Wildman–Crippen LogP) is 2.35. The molecule has 1 aromatic rings. The third-order valence-corrected chi connectivity index (χ3v) is 10.4. The monoisotopic (exact) mass is 538 g/mol. The second kappa shape index (κ2) is 9.58. The molecule has 3 unspecified atom stereocenters. The molecule has 180 valence electrons. The Hall–Kier alpha value is -1.58. The fraction of sp³-hybridized carbons (Fsp3) is 0.625. The highest BCUT2D eigenvalue weighted by molar-refractivity contribution is 9.09. The largest absolute Gasteiger partial charge is 0.466 e. The van der Waals surface area contributed by atoms with Gasteiger partial charge in [-0.1, -0.05) is 60.1 Å². The van der Waals surface area contributed by atoms with Gasteiger partial charge in [-0.05, 0) is 24.8 Å². The van der Waals surface area contributed by atoms with Gasteiger partial charge in [0.2, 0.25) is 11.8 Å². The predicted molar refractivity (Wildman–Crippen MR) is 130 cm³/mol. The molecule has 2 amide bonds. The normalized spacial score (nSPS) is 33.3. The molecule has 3 aliphatic heterocycles. The van der Waals surface area contributed by atoms with Gasteiger partial charge in [-0.15, -0.1) is 11.8 Å². The van der Waals surface area contributed by atoms with Crippen LogP contribution in [0, 0.1) is 17.8 Å². The molecule has 2 bridgehead atoms. The molecule has 3 aliphatic rings. The van der Waals surface area contributed by atoms with E-state index in [1.165, 1.54) is 0 Å². The van der Waals surface area contributed by atoms with E-state index in [9.17, 15) is 19.5 Å². The molecule has 2 N–H and O–H groups in total. The van der Waals surface area contributed by atoms with Crippen molar-refractivity contribution in [2.24, 2.45) is 17.8 Å². The number of hydrogen-bond donors (Lipinski definition) is 2. The van der Waals surface area contributed by atoms with Crippen LogP contribution in [0.3, 0.4) is 0 Å². The lowest BCUT2D eigenvalue weighted by atomic mass is 9.71. The highest BCUT2D eigenvalue weighted by Gasteiger charge is 2.76. The maximum Gasteiger partial charge on any atom is 0.310 e. The van der Waals surface area contributed by atoms with Crippen molar-refractivity contribution in [3.63, 3.8) is 0 Å². The van der Waals surface area contributed by atoms with Gasteiger partial charge in [0.15, 0.2) is 0 Å². The molecule has 0 radical (unpaired) electrons. The lowest BCUT2D eigenvalue weighted by Crippen LogP contribution is -2.57. The summed E-state index contributed by atoms with van der Waals surface area (Å²) >= 11 is 5.29. The Morgan fingerprint density at radius 3 is 2.64 bits per heavy atom. The Labute approximate surface area is 207 Å². The van der Waals surface area contributed by atoms with E-state index in [0.717, 1.165) is 5.56 Å². The van der Waals surface area contributed by atoms with Crippen LogP contribution in [0.5, 0.6) is 0 Å². The SMILES string of the molecule is CCOC(=O)[C@H]1[C@@H]2SC3(CC2Br)C(C(=O)NCc2ccccc2)N([C@@H](CO)C(C)C)C(=O)[C@H]13. The molecule has 7 nitrogen and oxygen atoms in total. The molecule has 3 heterocycles. The third-order valence-electron chi connectivity index (χ3n) is 7.16. The zero-order valence-electron chi connectivity index (χ0n) is 19.1. The fourth-order valence-electron chi connectivity index (χ4n) is 5.73. The topological polar surface area (TPSA) is 95.9 Å². The first-order valence-electron chi connectivity index (χ1n) is 11.5. The summed E-state index contributed by atoms with van der Waals surface area (Å²) in [6.07, 6.45) is 0.602. The van der Waals surface area contributed by atoms with Crippen molar-refractivity contribution in [1.82, 2.24) is 10.2 Å². The van der Waals surface area contributed by atoms with E-state index in [1.54, 1.807) is 23.6 Å². The van der Waals surface area contributed by atoms with Crippen LogP contribution in [0.25, 0.3) is 0 Å². The molecule has 1 aromatic carbocycles. The molecule has 3 fully saturated rings. The minimum Gasteiger partial charge on any atom is -0.466 e. The molecule has 33 heavy (non-hydrogen) atoms. The van der Waals surface area contributed by atoms with Crippen LogP contribution in [-0.2, 0) is 25.7 Å². The molecule has 9 heteroatoms. The number of aliphatic hydroxyl groups excluding tert-OH is 1. The van der Waals surface area contributed by atoms with Gasteiger partial charge < -0.3 is 20.1 Å². The average molecular weight is 539 g/mol. The Bertz CT molecular complexity index is 915. The van der Waals surface area contributed by atoms with Crippen molar-refractivity contribution >= 4 is 45.5 Å². The van der Waals surface area contributed by atoms with E-state index in [2.05, 4.69) is 21.2 Å². The van der Waals surface area contributed by atoms with Crippen molar-refractivity contribution in [3.8, 4) is 0 Å². The van der Waals surface area contributed by atoms with Gasteiger partial charge in [0.1, 0.15) is 6.04 Å². The standard InChI is InChI=1S/C24H31BrN2O5S/c1-4-32-23(31)17-18-22(30)27(16(12-28)13(2)3)20(24(18)10-15(25)19(17)33-24)21(29)26-11-14-8-6-5-7-9-14/h5-9,13,15-20,28H,4,10-12H2,1-3H3,(H,26,29)/t15?,16-,17+,18-,19+,20?,24?/m0/s1. The van der Waals surface area contributed by atoms with Gasteiger partial charge in [0.25, 0.3) is 0 Å². The highest BCUT2D eigenvalue weighted by Crippen LogP contribution is 2.68. The van der Waals surface area contributed by atoms with E-state index in [-0.39, 0.29) is 47.0 Å². The van der Waals surface area contributed by atoms with Crippen molar-refractivity contribution in [2.45, 2.75) is 60.6 Å². The number of likely N-dealkylation sites (tertiary alicyclic amines) is 1. The fourth-order valence-corrected chi connectivity index (χ4v) is 9.32. The summed E-state index contributed by atoms with van der Waals surface area (Å²) in [5.41, 5.74) is 0.962. The smallest absolute Gasteiger partial charge is 0.310 e. The van der Waals surface area contributed by atoms with Gasteiger partial charge in [-0.2, -0.15) is 0 Å². The van der Waals surface area contributed by atoms with E-state index in [1.807, 2.05) is 44.2 Å². The van der Waals surface area contributed by atoms with Crippen molar-refractivity contribution in [2.75, 3.05) is 13.2 Å². The number of ether oxygens (including phenoxy) is 1. The van der Waals surface area contributed by atoms with E-state index in [0.29, 0.717) is 13.0 Å². The molecule has 0 aromatic heterocycles. The van der Waals surface area contributed by atoms with Crippen molar-refractivity contribution in [3.05, 3.63) is 35.9 Å². The maximum atomic E-state index is 13.9. The van der Waals surface area contributed by atoms with Gasteiger partial charge in [0.05, 0.1) is 35.8 Å². The van der Waals surface area contributed by atoms with E-state index >= 15 is 0 Å². The second-order valence-corrected chi connectivity index (χ2v) is 12.1. The number of rotatable bonds is 8. The summed E-state index contributed by atoms with van der Waals surface area (Å²) in [7, 11) is 0. The zero-order chi connectivity index (χ0) is 23.9. The van der Waals surface area contributed by atoms with Crippen LogP contribution in [0.2, 0.25) is 0 Å². The lowest BCUT2D eigenvalue weighted by molar-refractivity contribution is -0.154. The summed E-state index contributed by atoms with van der Waals surface area (Å²) in [4.78, 5) is 42.1. The molecule has 1 spiro atoms. The van der Waals surface area contributed by atoms with E-state index < -0.39 is 28.7 Å². The second-order valence-electron chi connectivity index (χ2n) is 9.36. The van der Waals surface area contributed by atoms with Crippen LogP contribution in [-0.4, -0.2) is 67.9 Å². The number of nitrogens with zero attached hydrogens (tertiary/aromatic N) is 1. The number of thioether (sulfide) groups is 1. The first-order valence-corrected chi connectivity index (χ1v) is 13.3.